The van der Waals surface area contributed by atoms with Gasteiger partial charge in [0.2, 0.25) is 0 Å². The molecule has 1 amide bonds. The summed E-state index contributed by atoms with van der Waals surface area (Å²) in [6.45, 7) is 5.56. The Hall–Kier alpha value is -2.34. The van der Waals surface area contributed by atoms with Gasteiger partial charge >= 0.3 is 0 Å². The van der Waals surface area contributed by atoms with Gasteiger partial charge in [-0.2, -0.15) is 0 Å². The largest absolute Gasteiger partial charge is 0.497 e. The highest BCUT2D eigenvalue weighted by molar-refractivity contribution is 6.00. The van der Waals surface area contributed by atoms with E-state index in [-0.39, 0.29) is 5.91 Å². The number of aromatic nitrogens is 1. The van der Waals surface area contributed by atoms with Gasteiger partial charge in [-0.25, -0.2) is 0 Å². The first kappa shape index (κ1) is 17.0. The Labute approximate surface area is 135 Å². The number of hydrogen-bond acceptors (Lipinski definition) is 5. The van der Waals surface area contributed by atoms with Crippen molar-refractivity contribution in [3.8, 4) is 17.1 Å². The summed E-state index contributed by atoms with van der Waals surface area (Å²) >= 11 is 0. The second-order valence-electron chi connectivity index (χ2n) is 5.01. The second-order valence-corrected chi connectivity index (χ2v) is 5.01. The first-order valence-corrected chi connectivity index (χ1v) is 7.64. The average molecular weight is 318 g/mol. The van der Waals surface area contributed by atoms with Crippen molar-refractivity contribution in [2.24, 2.45) is 0 Å². The van der Waals surface area contributed by atoms with Crippen LogP contribution in [0.25, 0.3) is 11.3 Å². The van der Waals surface area contributed by atoms with Crippen molar-refractivity contribution in [1.82, 2.24) is 10.5 Å². The van der Waals surface area contributed by atoms with Gasteiger partial charge in [0.15, 0.2) is 5.76 Å². The molecule has 1 heterocycles. The number of hydrogen-bond donors (Lipinski definition) is 1. The zero-order valence-electron chi connectivity index (χ0n) is 13.7. The molecule has 0 aliphatic carbocycles. The van der Waals surface area contributed by atoms with Gasteiger partial charge in [0.25, 0.3) is 5.91 Å². The number of nitrogens with zero attached hydrogens (tertiary/aromatic N) is 1. The van der Waals surface area contributed by atoms with Gasteiger partial charge in [0.05, 0.1) is 12.8 Å². The van der Waals surface area contributed by atoms with Crippen LogP contribution in [0.4, 0.5) is 0 Å². The van der Waals surface area contributed by atoms with E-state index in [1.807, 2.05) is 31.2 Å². The van der Waals surface area contributed by atoms with Crippen LogP contribution in [-0.2, 0) is 4.74 Å². The smallest absolute Gasteiger partial charge is 0.257 e. The van der Waals surface area contributed by atoms with E-state index >= 15 is 0 Å². The highest BCUT2D eigenvalue weighted by Gasteiger charge is 2.21. The van der Waals surface area contributed by atoms with E-state index in [9.17, 15) is 4.79 Å². The number of methoxy groups -OCH3 is 1. The van der Waals surface area contributed by atoms with Gasteiger partial charge in [-0.3, -0.25) is 4.79 Å². The number of aryl methyl sites for hydroxylation is 1. The van der Waals surface area contributed by atoms with Crippen LogP contribution in [0.3, 0.4) is 0 Å². The Bertz CT molecular complexity index is 635. The molecule has 6 nitrogen and oxygen atoms in total. The van der Waals surface area contributed by atoms with Crippen molar-refractivity contribution in [2.45, 2.75) is 20.3 Å². The predicted molar refractivity (Wildman–Crippen MR) is 86.7 cm³/mol. The Morgan fingerprint density at radius 1 is 1.30 bits per heavy atom. The first-order chi connectivity index (χ1) is 11.2. The molecule has 124 valence electrons. The molecule has 0 saturated heterocycles. The van der Waals surface area contributed by atoms with Crippen LogP contribution < -0.4 is 10.1 Å². The van der Waals surface area contributed by atoms with Gasteiger partial charge in [-0.05, 0) is 44.5 Å². The van der Waals surface area contributed by atoms with Crippen LogP contribution in [-0.4, -0.2) is 37.9 Å². The van der Waals surface area contributed by atoms with E-state index < -0.39 is 0 Å². The molecule has 0 unspecified atom stereocenters. The van der Waals surface area contributed by atoms with E-state index in [2.05, 4.69) is 10.5 Å². The summed E-state index contributed by atoms with van der Waals surface area (Å²) in [7, 11) is 1.61. The lowest BCUT2D eigenvalue weighted by Gasteiger charge is -2.06. The maximum atomic E-state index is 12.4. The molecule has 1 aromatic carbocycles. The lowest BCUT2D eigenvalue weighted by atomic mass is 10.1. The standard InChI is InChI=1S/C17H22N2O4/c1-4-22-11-5-10-18-17(20)15-12(2)19-23-16(15)13-6-8-14(21-3)9-7-13/h6-9H,4-5,10-11H2,1-3H3,(H,18,20). The first-order valence-electron chi connectivity index (χ1n) is 7.64. The van der Waals surface area contributed by atoms with E-state index in [1.54, 1.807) is 14.0 Å². The van der Waals surface area contributed by atoms with Gasteiger partial charge in [0, 0.05) is 25.3 Å². The Morgan fingerprint density at radius 3 is 2.70 bits per heavy atom. The summed E-state index contributed by atoms with van der Waals surface area (Å²) in [5.41, 5.74) is 1.82. The number of carbonyl (C=O) groups excluding carboxylic acids is 1. The van der Waals surface area contributed by atoms with Crippen molar-refractivity contribution in [3.63, 3.8) is 0 Å². The molecule has 0 aliphatic heterocycles. The zero-order chi connectivity index (χ0) is 16.7. The number of rotatable bonds is 8. The molecule has 0 radical (unpaired) electrons. The molecule has 0 bridgehead atoms. The van der Waals surface area contributed by atoms with E-state index in [1.165, 1.54) is 0 Å². The van der Waals surface area contributed by atoms with Gasteiger partial charge in [0.1, 0.15) is 11.3 Å². The molecular weight excluding hydrogens is 296 g/mol. The minimum absolute atomic E-state index is 0.189. The highest BCUT2D eigenvalue weighted by atomic mass is 16.5. The quantitative estimate of drug-likeness (QED) is 0.758. The fourth-order valence-electron chi connectivity index (χ4n) is 2.19. The third-order valence-electron chi connectivity index (χ3n) is 3.40. The fraction of sp³-hybridized carbons (Fsp3) is 0.412. The topological polar surface area (TPSA) is 73.6 Å². The minimum Gasteiger partial charge on any atom is -0.497 e. The maximum Gasteiger partial charge on any atom is 0.257 e. The summed E-state index contributed by atoms with van der Waals surface area (Å²) in [6.07, 6.45) is 0.766. The van der Waals surface area contributed by atoms with Crippen LogP contribution in [0.15, 0.2) is 28.8 Å². The zero-order valence-corrected chi connectivity index (χ0v) is 13.7. The van der Waals surface area contributed by atoms with Crippen LogP contribution in [0.5, 0.6) is 5.75 Å². The third-order valence-corrected chi connectivity index (χ3v) is 3.40. The minimum atomic E-state index is -0.189. The number of amides is 1. The molecule has 6 heteroatoms. The van der Waals surface area contributed by atoms with Crippen molar-refractivity contribution in [3.05, 3.63) is 35.5 Å². The number of ether oxygens (including phenoxy) is 2. The SMILES string of the molecule is CCOCCCNC(=O)c1c(C)noc1-c1ccc(OC)cc1. The predicted octanol–water partition coefficient (Wildman–Crippen LogP) is 2.82. The van der Waals surface area contributed by atoms with E-state index in [0.717, 1.165) is 17.7 Å². The fourth-order valence-corrected chi connectivity index (χ4v) is 2.19. The number of nitrogens with one attached hydrogen (secondary N) is 1. The maximum absolute atomic E-state index is 12.4. The Morgan fingerprint density at radius 2 is 2.04 bits per heavy atom. The van der Waals surface area contributed by atoms with Crippen LogP contribution >= 0.6 is 0 Å². The summed E-state index contributed by atoms with van der Waals surface area (Å²) in [5.74, 6) is 1.02. The number of benzene rings is 1. The molecule has 2 rings (SSSR count). The van der Waals surface area contributed by atoms with Crippen LogP contribution in [0, 0.1) is 6.92 Å². The molecule has 2 aromatic rings. The Kier molecular flexibility index (Phi) is 6.17. The molecule has 23 heavy (non-hydrogen) atoms. The summed E-state index contributed by atoms with van der Waals surface area (Å²) in [5, 5.41) is 6.80. The summed E-state index contributed by atoms with van der Waals surface area (Å²) in [4.78, 5) is 12.4. The lowest BCUT2D eigenvalue weighted by molar-refractivity contribution is 0.0944. The van der Waals surface area contributed by atoms with Crippen molar-refractivity contribution < 1.29 is 18.8 Å². The normalized spacial score (nSPS) is 10.6. The molecular formula is C17H22N2O4. The molecule has 0 atom stereocenters. The molecule has 0 saturated carbocycles. The van der Waals surface area contributed by atoms with E-state index in [0.29, 0.717) is 36.8 Å². The molecule has 1 N–H and O–H groups in total. The molecule has 0 spiro atoms. The molecule has 0 aliphatic rings. The lowest BCUT2D eigenvalue weighted by Crippen LogP contribution is -2.26. The monoisotopic (exact) mass is 318 g/mol. The van der Waals surface area contributed by atoms with Gasteiger partial charge in [-0.1, -0.05) is 5.16 Å². The third kappa shape index (κ3) is 4.32. The van der Waals surface area contributed by atoms with Gasteiger partial charge < -0.3 is 19.3 Å². The highest BCUT2D eigenvalue weighted by Crippen LogP contribution is 2.27. The molecule has 0 fully saturated rings. The van der Waals surface area contributed by atoms with Crippen LogP contribution in [0.1, 0.15) is 29.4 Å². The van der Waals surface area contributed by atoms with E-state index in [4.69, 9.17) is 14.0 Å². The van der Waals surface area contributed by atoms with Crippen LogP contribution in [0.2, 0.25) is 0 Å². The van der Waals surface area contributed by atoms with Crippen molar-refractivity contribution in [2.75, 3.05) is 26.9 Å². The molecule has 1 aromatic heterocycles. The summed E-state index contributed by atoms with van der Waals surface area (Å²) in [6, 6.07) is 7.31. The van der Waals surface area contributed by atoms with Crippen molar-refractivity contribution in [1.29, 1.82) is 0 Å². The van der Waals surface area contributed by atoms with Crippen molar-refractivity contribution >= 4 is 5.91 Å². The Balaban J connectivity index is 2.09. The second kappa shape index (κ2) is 8.33. The summed E-state index contributed by atoms with van der Waals surface area (Å²) < 4.78 is 15.7. The van der Waals surface area contributed by atoms with Gasteiger partial charge in [-0.15, -0.1) is 0 Å². The average Bonchev–Trinajstić information content (AvgIpc) is 2.96. The number of carbonyl (C=O) groups is 1.